The average molecular weight is 503 g/mol. The van der Waals surface area contributed by atoms with Gasteiger partial charge in [0.15, 0.2) is 5.16 Å². The second kappa shape index (κ2) is 11.2. The Morgan fingerprint density at radius 3 is 2.42 bits per heavy atom. The summed E-state index contributed by atoms with van der Waals surface area (Å²) in [4.78, 5) is 24.7. The summed E-state index contributed by atoms with van der Waals surface area (Å²) in [6.07, 6.45) is 0. The molecule has 0 spiro atoms. The Balaban J connectivity index is 1.62. The molecule has 4 rings (SSSR count). The molecule has 0 radical (unpaired) electrons. The fourth-order valence-corrected chi connectivity index (χ4v) is 4.23. The van der Waals surface area contributed by atoms with Crippen LogP contribution < -0.4 is 11.1 Å². The maximum absolute atomic E-state index is 13.0. The van der Waals surface area contributed by atoms with Gasteiger partial charge in [-0.2, -0.15) is 5.26 Å². The number of hydrogen-bond donors (Lipinski definition) is 2. The number of nitrogen functional groups attached to an aromatic ring is 1. The van der Waals surface area contributed by atoms with Crippen molar-refractivity contribution in [3.05, 3.63) is 66.2 Å². The first-order valence-corrected chi connectivity index (χ1v) is 11.9. The van der Waals surface area contributed by atoms with E-state index in [1.807, 2.05) is 60.7 Å². The van der Waals surface area contributed by atoms with Crippen molar-refractivity contribution in [2.75, 3.05) is 23.4 Å². The van der Waals surface area contributed by atoms with E-state index >= 15 is 0 Å². The summed E-state index contributed by atoms with van der Waals surface area (Å²) in [6.45, 7) is 1.72. The molecule has 2 heterocycles. The summed E-state index contributed by atoms with van der Waals surface area (Å²) in [5.74, 6) is -0.451. The number of hydrogen-bond acceptors (Lipinski definition) is 9. The lowest BCUT2D eigenvalue weighted by Gasteiger charge is -2.08. The minimum absolute atomic E-state index is 0.00593. The van der Waals surface area contributed by atoms with Crippen molar-refractivity contribution >= 4 is 35.5 Å². The molecule has 10 nitrogen and oxygen atoms in total. The fraction of sp³-hybridized carbons (Fsp3) is 0.160. The number of aromatic nitrogens is 3. The van der Waals surface area contributed by atoms with Crippen LogP contribution >= 0.6 is 11.8 Å². The number of nitrogens with zero attached hydrogens (tertiary/aromatic N) is 4. The standard InChI is InChI=1S/C25H22N6O4S/c1-2-34-20(33)15-36-25-30-29-24(27)31(25)14-19(32)28-23-18(13-26)21(16-9-5-3-6-10-16)22(35-23)17-11-7-4-8-12-17/h3-12H,2,14-15H2,1H3,(H2,27,29)(H,28,32). The maximum Gasteiger partial charge on any atom is 0.316 e. The SMILES string of the molecule is CCOC(=O)CSc1nnc(N)n1CC(=O)Nc1oc(-c2ccccc2)c(-c2ccccc2)c1C#N. The van der Waals surface area contributed by atoms with E-state index in [0.717, 1.165) is 22.9 Å². The van der Waals surface area contributed by atoms with Crippen LogP contribution in [0.4, 0.5) is 11.8 Å². The van der Waals surface area contributed by atoms with E-state index in [1.54, 1.807) is 6.92 Å². The number of nitrogens with one attached hydrogen (secondary N) is 1. The van der Waals surface area contributed by atoms with Crippen LogP contribution in [0.2, 0.25) is 0 Å². The van der Waals surface area contributed by atoms with Gasteiger partial charge in [0.1, 0.15) is 23.9 Å². The van der Waals surface area contributed by atoms with Gasteiger partial charge in [0.2, 0.25) is 17.7 Å². The first kappa shape index (κ1) is 24.6. The quantitative estimate of drug-likeness (QED) is 0.256. The minimum Gasteiger partial charge on any atom is -0.465 e. The van der Waals surface area contributed by atoms with Gasteiger partial charge in [0.05, 0.1) is 12.4 Å². The van der Waals surface area contributed by atoms with Gasteiger partial charge in [0.25, 0.3) is 0 Å². The van der Waals surface area contributed by atoms with Gasteiger partial charge >= 0.3 is 5.97 Å². The van der Waals surface area contributed by atoms with Crippen molar-refractivity contribution in [2.45, 2.75) is 18.6 Å². The summed E-state index contributed by atoms with van der Waals surface area (Å²) >= 11 is 1.05. The van der Waals surface area contributed by atoms with Crippen molar-refractivity contribution in [3.8, 4) is 28.5 Å². The molecule has 0 unspecified atom stereocenters. The number of nitrogens with two attached hydrogens (primary N) is 1. The molecule has 1 amide bonds. The van der Waals surface area contributed by atoms with Crippen LogP contribution in [0.1, 0.15) is 12.5 Å². The molecule has 0 saturated heterocycles. The van der Waals surface area contributed by atoms with Crippen LogP contribution in [0, 0.1) is 11.3 Å². The van der Waals surface area contributed by atoms with Crippen molar-refractivity contribution in [3.63, 3.8) is 0 Å². The van der Waals surface area contributed by atoms with Crippen LogP contribution in [0.3, 0.4) is 0 Å². The first-order chi connectivity index (χ1) is 17.5. The zero-order chi connectivity index (χ0) is 25.5. The van der Waals surface area contributed by atoms with E-state index in [4.69, 9.17) is 14.9 Å². The van der Waals surface area contributed by atoms with E-state index in [1.165, 1.54) is 4.57 Å². The highest BCUT2D eigenvalue weighted by Gasteiger charge is 2.25. The molecular weight excluding hydrogens is 480 g/mol. The van der Waals surface area contributed by atoms with Gasteiger partial charge in [-0.1, -0.05) is 72.4 Å². The molecule has 0 saturated carbocycles. The third kappa shape index (κ3) is 5.39. The predicted molar refractivity (Wildman–Crippen MR) is 135 cm³/mol. The first-order valence-electron chi connectivity index (χ1n) is 11.0. The van der Waals surface area contributed by atoms with Crippen LogP contribution in [-0.2, 0) is 20.9 Å². The Hall–Kier alpha value is -4.56. The van der Waals surface area contributed by atoms with Gasteiger partial charge in [-0.25, -0.2) is 0 Å². The summed E-state index contributed by atoms with van der Waals surface area (Å²) in [7, 11) is 0. The molecule has 0 aliphatic carbocycles. The van der Waals surface area contributed by atoms with Gasteiger partial charge in [0, 0.05) is 11.1 Å². The molecule has 182 valence electrons. The number of anilines is 2. The zero-order valence-corrected chi connectivity index (χ0v) is 20.1. The third-order valence-electron chi connectivity index (χ3n) is 5.04. The Bertz CT molecular complexity index is 1410. The number of benzene rings is 2. The molecule has 0 fully saturated rings. The lowest BCUT2D eigenvalue weighted by Crippen LogP contribution is -2.21. The van der Waals surface area contributed by atoms with E-state index in [0.29, 0.717) is 11.3 Å². The smallest absolute Gasteiger partial charge is 0.316 e. The Labute approximate surface area is 211 Å². The number of carbonyl (C=O) groups excluding carboxylic acids is 2. The predicted octanol–water partition coefficient (Wildman–Crippen LogP) is 3.95. The number of amides is 1. The number of carbonyl (C=O) groups is 2. The van der Waals surface area contributed by atoms with Crippen LogP contribution in [0.25, 0.3) is 22.5 Å². The topological polar surface area (TPSA) is 149 Å². The number of nitriles is 1. The lowest BCUT2D eigenvalue weighted by molar-refractivity contribution is -0.139. The van der Waals surface area contributed by atoms with E-state index in [9.17, 15) is 14.9 Å². The van der Waals surface area contributed by atoms with Gasteiger partial charge < -0.3 is 14.9 Å². The Morgan fingerprint density at radius 2 is 1.78 bits per heavy atom. The van der Waals surface area contributed by atoms with E-state index in [2.05, 4.69) is 21.6 Å². The Kier molecular flexibility index (Phi) is 7.67. The monoisotopic (exact) mass is 502 g/mol. The number of thioether (sulfide) groups is 1. The molecule has 11 heteroatoms. The summed E-state index contributed by atoms with van der Waals surface area (Å²) in [5.41, 5.74) is 8.20. The highest BCUT2D eigenvalue weighted by molar-refractivity contribution is 7.99. The highest BCUT2D eigenvalue weighted by Crippen LogP contribution is 2.41. The Morgan fingerprint density at radius 1 is 1.11 bits per heavy atom. The van der Waals surface area contributed by atoms with Crippen molar-refractivity contribution in [1.82, 2.24) is 14.8 Å². The molecule has 3 N–H and O–H groups in total. The van der Waals surface area contributed by atoms with Crippen molar-refractivity contribution < 1.29 is 18.7 Å². The highest BCUT2D eigenvalue weighted by atomic mass is 32.2. The number of rotatable bonds is 9. The van der Waals surface area contributed by atoms with E-state index < -0.39 is 11.9 Å². The van der Waals surface area contributed by atoms with Gasteiger partial charge in [-0.05, 0) is 12.5 Å². The normalized spacial score (nSPS) is 10.6. The van der Waals surface area contributed by atoms with Gasteiger partial charge in [-0.15, -0.1) is 10.2 Å². The van der Waals surface area contributed by atoms with Crippen LogP contribution in [0.15, 0.2) is 70.2 Å². The molecule has 0 aliphatic rings. The maximum atomic E-state index is 13.0. The number of furan rings is 1. The van der Waals surface area contributed by atoms with E-state index in [-0.39, 0.29) is 41.5 Å². The van der Waals surface area contributed by atoms with Gasteiger partial charge in [-0.3, -0.25) is 19.5 Å². The molecule has 36 heavy (non-hydrogen) atoms. The minimum atomic E-state index is -0.510. The zero-order valence-electron chi connectivity index (χ0n) is 19.3. The molecular formula is C25H22N6O4S. The van der Waals surface area contributed by atoms with Crippen LogP contribution in [0.5, 0.6) is 0 Å². The number of esters is 1. The fourth-order valence-electron chi connectivity index (χ4n) is 3.49. The molecule has 0 aliphatic heterocycles. The molecule has 2 aromatic carbocycles. The third-order valence-corrected chi connectivity index (χ3v) is 5.98. The summed E-state index contributed by atoms with van der Waals surface area (Å²) in [6, 6.07) is 20.8. The summed E-state index contributed by atoms with van der Waals surface area (Å²) < 4.78 is 12.3. The molecule has 0 bridgehead atoms. The second-order valence-electron chi connectivity index (χ2n) is 7.42. The molecule has 0 atom stereocenters. The molecule has 4 aromatic rings. The second-order valence-corrected chi connectivity index (χ2v) is 8.37. The average Bonchev–Trinajstić information content (AvgIpc) is 3.43. The van der Waals surface area contributed by atoms with Crippen LogP contribution in [-0.4, -0.2) is 39.0 Å². The molecule has 2 aromatic heterocycles. The largest absolute Gasteiger partial charge is 0.465 e. The van der Waals surface area contributed by atoms with Crippen molar-refractivity contribution in [2.24, 2.45) is 0 Å². The lowest BCUT2D eigenvalue weighted by atomic mass is 9.98. The van der Waals surface area contributed by atoms with Crippen molar-refractivity contribution in [1.29, 1.82) is 5.26 Å². The number of ether oxygens (including phenoxy) is 1. The summed E-state index contributed by atoms with van der Waals surface area (Å²) in [5, 5.41) is 20.7.